The number of hydrogen-bond donors (Lipinski definition) is 2. The lowest BCUT2D eigenvalue weighted by Crippen LogP contribution is -2.14. The molecule has 3 aromatic heterocycles. The van der Waals surface area contributed by atoms with E-state index in [1.54, 1.807) is 6.07 Å². The van der Waals surface area contributed by atoms with Gasteiger partial charge in [-0.1, -0.05) is 5.16 Å². The molecule has 1 amide bonds. The van der Waals surface area contributed by atoms with E-state index in [1.807, 2.05) is 25.3 Å². The third-order valence-corrected chi connectivity index (χ3v) is 3.61. The van der Waals surface area contributed by atoms with Crippen molar-refractivity contribution in [1.82, 2.24) is 20.1 Å². The molecular weight excluding hydrogens is 316 g/mol. The van der Waals surface area contributed by atoms with Gasteiger partial charge in [-0.2, -0.15) is 0 Å². The highest BCUT2D eigenvalue weighted by molar-refractivity contribution is 7.13. The van der Waals surface area contributed by atoms with Gasteiger partial charge in [-0.15, -0.1) is 11.3 Å². The van der Waals surface area contributed by atoms with Crippen molar-refractivity contribution >= 4 is 34.1 Å². The van der Waals surface area contributed by atoms with Gasteiger partial charge in [0.1, 0.15) is 6.26 Å². The van der Waals surface area contributed by atoms with E-state index >= 15 is 0 Å². The fourth-order valence-corrected chi connectivity index (χ4v) is 2.66. The predicted molar refractivity (Wildman–Crippen MR) is 85.7 cm³/mol. The molecule has 8 nitrogen and oxygen atoms in total. The van der Waals surface area contributed by atoms with Gasteiger partial charge in [0.2, 0.25) is 11.9 Å². The second kappa shape index (κ2) is 6.53. The largest absolute Gasteiger partial charge is 0.363 e. The molecule has 0 aliphatic carbocycles. The van der Waals surface area contributed by atoms with Crippen molar-refractivity contribution in [3.63, 3.8) is 0 Å². The van der Waals surface area contributed by atoms with Crippen LogP contribution in [0.25, 0.3) is 0 Å². The molecule has 0 aromatic carbocycles. The Kier molecular flexibility index (Phi) is 4.29. The van der Waals surface area contributed by atoms with Crippen LogP contribution in [0.1, 0.15) is 17.1 Å². The number of carbonyl (C=O) groups excluding carboxylic acids is 1. The predicted octanol–water partition coefficient (Wildman–Crippen LogP) is 2.46. The SMILES string of the molecule is Cc1cc(C)nc(Nc2nc(CC(=O)Nc3ccon3)cs2)n1. The quantitative estimate of drug-likeness (QED) is 0.740. The van der Waals surface area contributed by atoms with Crippen LogP contribution >= 0.6 is 11.3 Å². The Hall–Kier alpha value is -2.81. The van der Waals surface area contributed by atoms with Crippen molar-refractivity contribution in [1.29, 1.82) is 0 Å². The highest BCUT2D eigenvalue weighted by Crippen LogP contribution is 2.19. The maximum absolute atomic E-state index is 11.9. The Morgan fingerprint density at radius 3 is 2.74 bits per heavy atom. The summed E-state index contributed by atoms with van der Waals surface area (Å²) in [6.07, 6.45) is 1.54. The molecule has 0 bridgehead atoms. The Morgan fingerprint density at radius 1 is 1.26 bits per heavy atom. The first-order chi connectivity index (χ1) is 11.1. The highest BCUT2D eigenvalue weighted by atomic mass is 32.1. The fraction of sp³-hybridized carbons (Fsp3) is 0.214. The Morgan fingerprint density at radius 2 is 2.04 bits per heavy atom. The topological polar surface area (TPSA) is 106 Å². The molecular formula is C14H14N6O2S. The molecule has 9 heteroatoms. The highest BCUT2D eigenvalue weighted by Gasteiger charge is 2.10. The van der Waals surface area contributed by atoms with E-state index in [1.165, 1.54) is 17.6 Å². The van der Waals surface area contributed by atoms with E-state index in [0.717, 1.165) is 11.4 Å². The zero-order valence-corrected chi connectivity index (χ0v) is 13.3. The van der Waals surface area contributed by atoms with Gasteiger partial charge in [-0.25, -0.2) is 15.0 Å². The zero-order chi connectivity index (χ0) is 16.2. The molecule has 0 spiro atoms. The molecule has 0 aliphatic rings. The number of hydrogen-bond acceptors (Lipinski definition) is 8. The lowest BCUT2D eigenvalue weighted by Gasteiger charge is -2.03. The van der Waals surface area contributed by atoms with Crippen molar-refractivity contribution < 1.29 is 9.32 Å². The minimum Gasteiger partial charge on any atom is -0.363 e. The Labute approximate surface area is 136 Å². The third-order valence-electron chi connectivity index (χ3n) is 2.80. The summed E-state index contributed by atoms with van der Waals surface area (Å²) in [6, 6.07) is 3.47. The maximum Gasteiger partial charge on any atom is 0.231 e. The summed E-state index contributed by atoms with van der Waals surface area (Å²) in [5, 5.41) is 11.7. The van der Waals surface area contributed by atoms with Gasteiger partial charge in [0.15, 0.2) is 10.9 Å². The number of thiazole rings is 1. The average molecular weight is 330 g/mol. The average Bonchev–Trinajstić information content (AvgIpc) is 3.10. The molecule has 3 rings (SSSR count). The lowest BCUT2D eigenvalue weighted by atomic mass is 10.3. The number of carbonyl (C=O) groups is 1. The smallest absolute Gasteiger partial charge is 0.231 e. The Bertz CT molecular complexity index is 794. The van der Waals surface area contributed by atoms with Gasteiger partial charge < -0.3 is 15.2 Å². The van der Waals surface area contributed by atoms with Gasteiger partial charge >= 0.3 is 0 Å². The van der Waals surface area contributed by atoms with Gasteiger partial charge in [-0.3, -0.25) is 4.79 Å². The molecule has 0 aliphatic heterocycles. The number of amides is 1. The Balaban J connectivity index is 1.62. The second-order valence-electron chi connectivity index (χ2n) is 4.85. The lowest BCUT2D eigenvalue weighted by molar-refractivity contribution is -0.115. The minimum atomic E-state index is -0.210. The van der Waals surface area contributed by atoms with Crippen LogP contribution < -0.4 is 10.6 Å². The standard InChI is InChI=1S/C14H14N6O2S/c1-8-5-9(2)16-13(15-8)19-14-17-10(7-23-14)6-12(21)18-11-3-4-22-20-11/h3-5,7H,6H2,1-2H3,(H,18,20,21)(H,15,16,17,19). The molecule has 23 heavy (non-hydrogen) atoms. The molecule has 0 radical (unpaired) electrons. The first-order valence-corrected chi connectivity index (χ1v) is 7.70. The van der Waals surface area contributed by atoms with Crippen LogP contribution in [0.2, 0.25) is 0 Å². The van der Waals surface area contributed by atoms with Gasteiger partial charge in [0.05, 0.1) is 12.1 Å². The third kappa shape index (κ3) is 4.10. The molecule has 118 valence electrons. The van der Waals surface area contributed by atoms with Crippen molar-refractivity contribution in [2.75, 3.05) is 10.6 Å². The van der Waals surface area contributed by atoms with Crippen molar-refractivity contribution in [2.45, 2.75) is 20.3 Å². The number of anilines is 3. The maximum atomic E-state index is 11.9. The van der Waals surface area contributed by atoms with E-state index in [2.05, 4.69) is 35.3 Å². The van der Waals surface area contributed by atoms with Crippen LogP contribution in [0, 0.1) is 13.8 Å². The number of nitrogens with one attached hydrogen (secondary N) is 2. The minimum absolute atomic E-state index is 0.152. The van der Waals surface area contributed by atoms with Crippen molar-refractivity contribution in [2.24, 2.45) is 0 Å². The van der Waals surface area contributed by atoms with E-state index in [0.29, 0.717) is 22.6 Å². The van der Waals surface area contributed by atoms with E-state index in [-0.39, 0.29) is 12.3 Å². The molecule has 2 N–H and O–H groups in total. The molecule has 3 heterocycles. The summed E-state index contributed by atoms with van der Waals surface area (Å²) in [4.78, 5) is 24.8. The van der Waals surface area contributed by atoms with E-state index in [9.17, 15) is 4.79 Å². The van der Waals surface area contributed by atoms with E-state index in [4.69, 9.17) is 0 Å². The number of rotatable bonds is 5. The van der Waals surface area contributed by atoms with Crippen LogP contribution in [0.5, 0.6) is 0 Å². The summed E-state index contributed by atoms with van der Waals surface area (Å²) in [6.45, 7) is 3.81. The summed E-state index contributed by atoms with van der Waals surface area (Å²) < 4.78 is 4.65. The van der Waals surface area contributed by atoms with Gasteiger partial charge in [-0.05, 0) is 19.9 Å². The monoisotopic (exact) mass is 330 g/mol. The molecule has 0 saturated heterocycles. The van der Waals surface area contributed by atoms with Crippen LogP contribution in [0.3, 0.4) is 0 Å². The summed E-state index contributed by atoms with van der Waals surface area (Å²) in [7, 11) is 0. The number of aromatic nitrogens is 4. The van der Waals surface area contributed by atoms with Gasteiger partial charge in [0, 0.05) is 22.8 Å². The van der Waals surface area contributed by atoms with E-state index < -0.39 is 0 Å². The normalized spacial score (nSPS) is 10.5. The number of nitrogens with zero attached hydrogens (tertiary/aromatic N) is 4. The van der Waals surface area contributed by atoms with Crippen LogP contribution in [-0.4, -0.2) is 26.0 Å². The second-order valence-corrected chi connectivity index (χ2v) is 5.71. The molecule has 0 unspecified atom stereocenters. The first kappa shape index (κ1) is 15.1. The molecule has 0 fully saturated rings. The molecule has 3 aromatic rings. The van der Waals surface area contributed by atoms with Gasteiger partial charge in [0.25, 0.3) is 0 Å². The molecule has 0 saturated carbocycles. The van der Waals surface area contributed by atoms with Crippen molar-refractivity contribution in [3.05, 3.63) is 40.9 Å². The van der Waals surface area contributed by atoms with Crippen LogP contribution in [-0.2, 0) is 11.2 Å². The fourth-order valence-electron chi connectivity index (χ4n) is 1.95. The number of aryl methyl sites for hydroxylation is 2. The summed E-state index contributed by atoms with van der Waals surface area (Å²) >= 11 is 1.39. The van der Waals surface area contributed by atoms with Crippen molar-refractivity contribution in [3.8, 4) is 0 Å². The summed E-state index contributed by atoms with van der Waals surface area (Å²) in [5.74, 6) is 0.668. The first-order valence-electron chi connectivity index (χ1n) is 6.82. The van der Waals surface area contributed by atoms with Crippen LogP contribution in [0.4, 0.5) is 16.9 Å². The molecule has 0 atom stereocenters. The van der Waals surface area contributed by atoms with Crippen LogP contribution in [0.15, 0.2) is 28.3 Å². The zero-order valence-electron chi connectivity index (χ0n) is 12.5. The summed E-state index contributed by atoms with van der Waals surface area (Å²) in [5.41, 5.74) is 2.41.